The van der Waals surface area contributed by atoms with Crippen LogP contribution in [0.25, 0.3) is 0 Å². The third-order valence-corrected chi connectivity index (χ3v) is 104. The molecule has 0 spiro atoms. The van der Waals surface area contributed by atoms with Crippen LogP contribution in [0.15, 0.2) is 19.3 Å². The quantitative estimate of drug-likeness (QED) is 0.0537. The van der Waals surface area contributed by atoms with Gasteiger partial charge in [-0.1, -0.05) is 0 Å². The van der Waals surface area contributed by atoms with E-state index in [1.165, 1.54) is 116 Å². The average Bonchev–Trinajstić information content (AvgIpc) is 3.67. The number of unbranched alkanes of at least 4 members (excludes halogenated alkanes) is 12. The van der Waals surface area contributed by atoms with Crippen LogP contribution in [0.2, 0.25) is 54.7 Å². The summed E-state index contributed by atoms with van der Waals surface area (Å²) in [7, 11) is 0. The fraction of sp³-hybridized carbons (Fsp3) is 0.925. The zero-order valence-electron chi connectivity index (χ0n) is 42.1. The normalized spacial score (nSPS) is 15.1. The first-order valence-electron chi connectivity index (χ1n) is 27.1. The van der Waals surface area contributed by atoms with E-state index in [0.29, 0.717) is 1.45 Å². The van der Waals surface area contributed by atoms with E-state index in [1.54, 1.807) is 91.8 Å². The Kier molecular flexibility index (Phi) is 33.6. The minimum absolute atomic E-state index is 0.659. The van der Waals surface area contributed by atoms with Crippen LogP contribution in [0.4, 0.5) is 0 Å². The Morgan fingerprint density at radius 3 is 0.579 bits per heavy atom. The van der Waals surface area contributed by atoms with Gasteiger partial charge in [0.2, 0.25) is 0 Å². The fourth-order valence-electron chi connectivity index (χ4n) is 12.4. The van der Waals surface area contributed by atoms with E-state index in [2.05, 4.69) is 102 Å². The van der Waals surface area contributed by atoms with Gasteiger partial charge < -0.3 is 0 Å². The predicted molar refractivity (Wildman–Crippen MR) is 278 cm³/mol. The third-order valence-electron chi connectivity index (χ3n) is 16.0. The SMILES string of the molecule is CCC[CH2][Sn]([CH2]CCC)([CH2]CCC)[C]1=C[C]([Sn]([CH2]CCC)([CH2]CCC)[CH2]CCC)([Sn]([CH2]CCC)([CH2]CCC)[CH2]CCC)C=[C]1[Sn]([CH2]CCC)([CH2]CCC)[CH2]CCC. The molecular weight excluding hydrogens is 1110 g/mol. The molecule has 0 N–H and O–H groups in total. The second-order valence-electron chi connectivity index (χ2n) is 20.3. The molecule has 0 bridgehead atoms. The first kappa shape index (κ1) is 57.7. The average molecular weight is 1220 g/mol. The van der Waals surface area contributed by atoms with E-state index < -0.39 is 73.5 Å². The van der Waals surface area contributed by atoms with Crippen molar-refractivity contribution in [2.75, 3.05) is 0 Å². The number of rotatable bonds is 40. The van der Waals surface area contributed by atoms with Crippen molar-refractivity contribution in [1.29, 1.82) is 0 Å². The fourth-order valence-corrected chi connectivity index (χ4v) is 134. The Hall–Kier alpha value is 2.67. The third kappa shape index (κ3) is 16.6. The van der Waals surface area contributed by atoms with Crippen LogP contribution in [0.5, 0.6) is 0 Å². The molecule has 0 radical (unpaired) electrons. The molecule has 0 saturated heterocycles. The summed E-state index contributed by atoms with van der Waals surface area (Å²) >= 11 is -11.6. The van der Waals surface area contributed by atoms with Gasteiger partial charge in [-0.05, 0) is 0 Å². The van der Waals surface area contributed by atoms with Gasteiger partial charge in [0.05, 0.1) is 0 Å². The summed E-state index contributed by atoms with van der Waals surface area (Å²) < 4.78 is 26.1. The van der Waals surface area contributed by atoms with Crippen LogP contribution in [0.1, 0.15) is 237 Å². The van der Waals surface area contributed by atoms with Crippen LogP contribution in [0, 0.1) is 0 Å². The topological polar surface area (TPSA) is 0 Å². The predicted octanol–water partition coefficient (Wildman–Crippen LogP) is 20.6. The zero-order chi connectivity index (χ0) is 42.5. The maximum absolute atomic E-state index is 3.66. The summed E-state index contributed by atoms with van der Waals surface area (Å²) in [6.45, 7) is 30.8. The summed E-state index contributed by atoms with van der Waals surface area (Å²) in [6.07, 6.45) is 43.0. The van der Waals surface area contributed by atoms with Crippen molar-refractivity contribution >= 4 is 73.5 Å². The van der Waals surface area contributed by atoms with Crippen LogP contribution < -0.4 is 0 Å². The summed E-state index contributed by atoms with van der Waals surface area (Å²) in [5.74, 6) is 0. The molecule has 0 aliphatic heterocycles. The first-order chi connectivity index (χ1) is 27.7. The van der Waals surface area contributed by atoms with Crippen molar-refractivity contribution in [2.24, 2.45) is 0 Å². The van der Waals surface area contributed by atoms with Gasteiger partial charge in [-0.3, -0.25) is 0 Å². The van der Waals surface area contributed by atoms with Gasteiger partial charge in [-0.2, -0.15) is 0 Å². The molecule has 0 fully saturated rings. The minimum atomic E-state index is -2.94. The monoisotopic (exact) mass is 1230 g/mol. The number of hydrogen-bond acceptors (Lipinski definition) is 0. The van der Waals surface area contributed by atoms with Crippen molar-refractivity contribution < 1.29 is 0 Å². The van der Waals surface area contributed by atoms with Crippen LogP contribution in [-0.4, -0.2) is 73.5 Å². The molecular formula is C53H110Sn4. The summed E-state index contributed by atoms with van der Waals surface area (Å²) in [6, 6.07) is 0. The molecule has 0 heterocycles. The molecule has 0 nitrogen and oxygen atoms in total. The molecule has 4 heteroatoms. The van der Waals surface area contributed by atoms with Gasteiger partial charge in [0.25, 0.3) is 0 Å². The van der Waals surface area contributed by atoms with Crippen LogP contribution in [-0.2, 0) is 0 Å². The van der Waals surface area contributed by atoms with Crippen molar-refractivity contribution in [3.63, 3.8) is 0 Å². The Balaban J connectivity index is 5.09. The van der Waals surface area contributed by atoms with Gasteiger partial charge in [-0.25, -0.2) is 0 Å². The molecule has 0 aromatic carbocycles. The molecule has 0 saturated carbocycles. The molecule has 0 aromatic heterocycles. The Labute approximate surface area is 380 Å². The van der Waals surface area contributed by atoms with Gasteiger partial charge >= 0.3 is 385 Å². The van der Waals surface area contributed by atoms with E-state index >= 15 is 0 Å². The van der Waals surface area contributed by atoms with Crippen molar-refractivity contribution in [1.82, 2.24) is 0 Å². The van der Waals surface area contributed by atoms with Crippen molar-refractivity contribution in [2.45, 2.75) is 292 Å². The van der Waals surface area contributed by atoms with Gasteiger partial charge in [0.1, 0.15) is 0 Å². The van der Waals surface area contributed by atoms with Gasteiger partial charge in [0, 0.05) is 0 Å². The van der Waals surface area contributed by atoms with Crippen LogP contribution in [0.3, 0.4) is 0 Å². The van der Waals surface area contributed by atoms with Gasteiger partial charge in [-0.15, -0.1) is 0 Å². The van der Waals surface area contributed by atoms with E-state index in [4.69, 9.17) is 0 Å². The van der Waals surface area contributed by atoms with Crippen LogP contribution >= 0.6 is 0 Å². The zero-order valence-corrected chi connectivity index (χ0v) is 53.5. The van der Waals surface area contributed by atoms with Crippen molar-refractivity contribution in [3.8, 4) is 0 Å². The van der Waals surface area contributed by atoms with E-state index in [0.717, 1.165) is 0 Å². The maximum atomic E-state index is 3.66. The van der Waals surface area contributed by atoms with Gasteiger partial charge in [0.15, 0.2) is 0 Å². The summed E-state index contributed by atoms with van der Waals surface area (Å²) in [5, 5.41) is 0. The van der Waals surface area contributed by atoms with E-state index in [9.17, 15) is 0 Å². The molecule has 1 aliphatic rings. The molecule has 1 aliphatic carbocycles. The Morgan fingerprint density at radius 1 is 0.263 bits per heavy atom. The Bertz CT molecular complexity index is 872. The molecule has 0 aromatic rings. The molecule has 1 rings (SSSR count). The second kappa shape index (κ2) is 33.2. The number of hydrogen-bond donors (Lipinski definition) is 0. The Morgan fingerprint density at radius 2 is 0.421 bits per heavy atom. The molecule has 0 unspecified atom stereocenters. The molecule has 0 amide bonds. The first-order valence-corrected chi connectivity index (χ1v) is 57.1. The second-order valence-corrected chi connectivity index (χ2v) is 78.6. The van der Waals surface area contributed by atoms with E-state index in [1.807, 2.05) is 0 Å². The molecule has 338 valence electrons. The number of allylic oxidation sites excluding steroid dienone is 4. The molecule has 57 heavy (non-hydrogen) atoms. The van der Waals surface area contributed by atoms with E-state index in [-0.39, 0.29) is 0 Å². The van der Waals surface area contributed by atoms with Crippen molar-refractivity contribution in [3.05, 3.63) is 19.3 Å². The standard InChI is InChI=1S/C5H2.12C4H9.4Sn/c1-2-4-5-3-1;12*1-3-4-2;;;;/h1,4H;12*1,3-4H2,2H3;;;;. The summed E-state index contributed by atoms with van der Waals surface area (Å²) in [5.41, 5.74) is 0. The molecule has 0 atom stereocenters. The summed E-state index contributed by atoms with van der Waals surface area (Å²) in [4.78, 5) is 0.